The Morgan fingerprint density at radius 3 is 2.29 bits per heavy atom. The number of amides is 2. The number of benzene rings is 2. The highest BCUT2D eigenvalue weighted by Crippen LogP contribution is 2.43. The van der Waals surface area contributed by atoms with Gasteiger partial charge in [-0.05, 0) is 47.2 Å². The van der Waals surface area contributed by atoms with Gasteiger partial charge >= 0.3 is 12.2 Å². The first kappa shape index (κ1) is 25.7. The average Bonchev–Trinajstić information content (AvgIpc) is 3.05. The summed E-state index contributed by atoms with van der Waals surface area (Å²) in [7, 11) is 1.09. The van der Waals surface area contributed by atoms with Gasteiger partial charge in [0.25, 0.3) is 0 Å². The smallest absolute Gasteiger partial charge is 0.418 e. The molecular weight excluding hydrogens is 463 g/mol. The maximum absolute atomic E-state index is 14.1. The molecule has 0 heterocycles. The largest absolute Gasteiger partial charge is 0.494 e. The normalized spacial score (nSPS) is 18.9. The molecule has 0 fully saturated rings. The molecule has 0 saturated heterocycles. The second-order valence-corrected chi connectivity index (χ2v) is 9.12. The van der Waals surface area contributed by atoms with Crippen molar-refractivity contribution in [1.82, 2.24) is 5.32 Å². The van der Waals surface area contributed by atoms with Crippen molar-refractivity contribution >= 4 is 11.7 Å². The van der Waals surface area contributed by atoms with E-state index in [1.54, 1.807) is 20.8 Å². The number of hydrogen-bond donors (Lipinski definition) is 4. The first-order chi connectivity index (χ1) is 15.6. The van der Waals surface area contributed by atoms with Crippen LogP contribution in [0.1, 0.15) is 55.2 Å². The van der Waals surface area contributed by atoms with E-state index in [2.05, 4.69) is 10.6 Å². The number of ether oxygens (including phenoxy) is 1. The lowest BCUT2D eigenvalue weighted by Gasteiger charge is -2.26. The van der Waals surface area contributed by atoms with Crippen molar-refractivity contribution in [2.75, 3.05) is 12.4 Å². The quantitative estimate of drug-likeness (QED) is 0.472. The number of carbonyl (C=O) groups excluding carboxylic acids is 1. The minimum Gasteiger partial charge on any atom is -0.494 e. The lowest BCUT2D eigenvalue weighted by atomic mass is 9.84. The van der Waals surface area contributed by atoms with Gasteiger partial charge in [0.1, 0.15) is 23.5 Å². The molecule has 0 bridgehead atoms. The number of urea groups is 1. The van der Waals surface area contributed by atoms with E-state index in [1.165, 1.54) is 6.07 Å². The molecule has 1 aliphatic rings. The predicted octanol–water partition coefficient (Wildman–Crippen LogP) is 4.65. The molecule has 3 atom stereocenters. The van der Waals surface area contributed by atoms with E-state index in [-0.39, 0.29) is 23.2 Å². The highest BCUT2D eigenvalue weighted by molar-refractivity contribution is 5.92. The molecule has 0 unspecified atom stereocenters. The molecule has 0 saturated carbocycles. The Hall–Kier alpha value is -2.92. The molecule has 4 N–H and O–H groups in total. The maximum atomic E-state index is 14.1. The third-order valence-corrected chi connectivity index (χ3v) is 5.70. The van der Waals surface area contributed by atoms with Crippen molar-refractivity contribution in [3.05, 3.63) is 58.2 Å². The van der Waals surface area contributed by atoms with Crippen LogP contribution in [0, 0.1) is 11.6 Å². The molecule has 2 aromatic rings. The lowest BCUT2D eigenvalue weighted by Crippen LogP contribution is -2.40. The number of hydrogen-bond acceptors (Lipinski definition) is 4. The molecule has 1 aliphatic carbocycles. The molecule has 0 aliphatic heterocycles. The number of carbonyl (C=O) groups is 1. The summed E-state index contributed by atoms with van der Waals surface area (Å²) in [6.45, 7) is 5.20. The number of rotatable bonds is 4. The summed E-state index contributed by atoms with van der Waals surface area (Å²) in [6, 6.07) is 2.32. The van der Waals surface area contributed by atoms with Gasteiger partial charge in [0.05, 0.1) is 18.8 Å². The Kier molecular flexibility index (Phi) is 6.82. The maximum Gasteiger partial charge on any atom is 0.418 e. The van der Waals surface area contributed by atoms with Crippen molar-refractivity contribution in [2.45, 2.75) is 57.0 Å². The monoisotopic (exact) mass is 488 g/mol. The summed E-state index contributed by atoms with van der Waals surface area (Å²) in [5.41, 5.74) is -1.35. The van der Waals surface area contributed by atoms with Crippen molar-refractivity contribution in [3.63, 3.8) is 0 Å². The number of methoxy groups -OCH3 is 1. The fourth-order valence-electron chi connectivity index (χ4n) is 3.91. The number of anilines is 1. The van der Waals surface area contributed by atoms with Crippen LogP contribution in [0.5, 0.6) is 5.75 Å². The predicted molar refractivity (Wildman–Crippen MR) is 114 cm³/mol. The molecular formula is C23H25F5N2O4. The van der Waals surface area contributed by atoms with Crippen LogP contribution in [0.25, 0.3) is 0 Å². The molecule has 6 nitrogen and oxygen atoms in total. The van der Waals surface area contributed by atoms with Crippen molar-refractivity contribution in [3.8, 4) is 5.75 Å². The summed E-state index contributed by atoms with van der Waals surface area (Å²) in [5, 5.41) is 25.0. The Bertz CT molecular complexity index is 1100. The number of fused-ring (bicyclic) bond motifs is 1. The van der Waals surface area contributed by atoms with Gasteiger partial charge in [0.2, 0.25) is 0 Å². The fraction of sp³-hybridized carbons (Fsp3) is 0.435. The Balaban J connectivity index is 1.92. The zero-order chi connectivity index (χ0) is 25.6. The van der Waals surface area contributed by atoms with E-state index < -0.39 is 58.8 Å². The van der Waals surface area contributed by atoms with Crippen molar-refractivity contribution in [2.24, 2.45) is 0 Å². The summed E-state index contributed by atoms with van der Waals surface area (Å²) in [6.07, 6.45) is -9.57. The number of aliphatic hydroxyl groups is 2. The second kappa shape index (κ2) is 9.03. The average molecular weight is 488 g/mol. The van der Waals surface area contributed by atoms with Gasteiger partial charge in [-0.15, -0.1) is 0 Å². The number of nitrogens with one attached hydrogen (secondary N) is 2. The zero-order valence-electron chi connectivity index (χ0n) is 18.8. The molecule has 0 aromatic heterocycles. The van der Waals surface area contributed by atoms with Crippen LogP contribution < -0.4 is 15.4 Å². The van der Waals surface area contributed by atoms with Gasteiger partial charge in [-0.3, -0.25) is 0 Å². The SMILES string of the molecule is COc1c(NC(=O)N[C@@H]2Cc3c(F)ccc(F)c3[C@@H]2O)cc(C(C)(C)C)cc1[C@@H](O)C(F)(F)F. The standard InChI is InChI=1S/C23H25F5N2O4/c1-22(2,3)10-7-12(20(32)23(26,27)28)19(34-4)16(8-10)30-21(33)29-15-9-11-13(24)5-6-14(25)17(11)18(15)31/h5-8,15,18,20,31-32H,9H2,1-4H3,(H2,29,30,33)/t15-,18-,20-/m1/s1. The third-order valence-electron chi connectivity index (χ3n) is 5.70. The van der Waals surface area contributed by atoms with Crippen molar-refractivity contribution in [1.29, 1.82) is 0 Å². The second-order valence-electron chi connectivity index (χ2n) is 9.12. The molecule has 2 amide bonds. The van der Waals surface area contributed by atoms with Gasteiger partial charge in [0.15, 0.2) is 6.10 Å². The van der Waals surface area contributed by atoms with Crippen molar-refractivity contribution < 1.29 is 41.7 Å². The molecule has 186 valence electrons. The molecule has 0 radical (unpaired) electrons. The number of alkyl halides is 3. The zero-order valence-corrected chi connectivity index (χ0v) is 18.8. The topological polar surface area (TPSA) is 90.8 Å². The molecule has 11 heteroatoms. The van der Waals surface area contributed by atoms with Gasteiger partial charge in [-0.2, -0.15) is 13.2 Å². The molecule has 34 heavy (non-hydrogen) atoms. The van der Waals surface area contributed by atoms with Crippen LogP contribution in [0.2, 0.25) is 0 Å². The summed E-state index contributed by atoms with van der Waals surface area (Å²) >= 11 is 0. The third kappa shape index (κ3) is 4.95. The minimum atomic E-state index is -4.99. The lowest BCUT2D eigenvalue weighted by molar-refractivity contribution is -0.207. The van der Waals surface area contributed by atoms with Gasteiger partial charge in [0, 0.05) is 11.1 Å². The number of aliphatic hydroxyl groups excluding tert-OH is 2. The van der Waals surface area contributed by atoms with E-state index in [0.717, 1.165) is 25.3 Å². The van der Waals surface area contributed by atoms with Crippen LogP contribution in [-0.4, -0.2) is 35.6 Å². The van der Waals surface area contributed by atoms with Crippen LogP contribution in [0.4, 0.5) is 32.4 Å². The minimum absolute atomic E-state index is 0.0688. The van der Waals surface area contributed by atoms with E-state index in [9.17, 15) is 37.0 Å². The van der Waals surface area contributed by atoms with E-state index >= 15 is 0 Å². The van der Waals surface area contributed by atoms with E-state index in [1.807, 2.05) is 0 Å². The highest BCUT2D eigenvalue weighted by atomic mass is 19.4. The van der Waals surface area contributed by atoms with Gasteiger partial charge in [-0.1, -0.05) is 20.8 Å². The van der Waals surface area contributed by atoms with E-state index in [0.29, 0.717) is 5.56 Å². The van der Waals surface area contributed by atoms with E-state index in [4.69, 9.17) is 4.74 Å². The highest BCUT2D eigenvalue weighted by Gasteiger charge is 2.42. The Morgan fingerprint density at radius 2 is 1.76 bits per heavy atom. The number of halogens is 5. The molecule has 0 spiro atoms. The molecule has 2 aromatic carbocycles. The molecule has 3 rings (SSSR count). The van der Waals surface area contributed by atoms with Gasteiger partial charge in [-0.25, -0.2) is 13.6 Å². The van der Waals surface area contributed by atoms with Crippen LogP contribution >= 0.6 is 0 Å². The summed E-state index contributed by atoms with van der Waals surface area (Å²) in [5.74, 6) is -1.95. The Morgan fingerprint density at radius 1 is 1.15 bits per heavy atom. The van der Waals surface area contributed by atoms with Gasteiger partial charge < -0.3 is 25.6 Å². The van der Waals surface area contributed by atoms with Crippen LogP contribution in [0.15, 0.2) is 24.3 Å². The first-order valence-electron chi connectivity index (χ1n) is 10.3. The van der Waals surface area contributed by atoms with Crippen LogP contribution in [-0.2, 0) is 11.8 Å². The first-order valence-corrected chi connectivity index (χ1v) is 10.3. The Labute approximate surface area is 192 Å². The van der Waals surface area contributed by atoms with Crippen LogP contribution in [0.3, 0.4) is 0 Å². The summed E-state index contributed by atoms with van der Waals surface area (Å²) < 4.78 is 73.0. The fourth-order valence-corrected chi connectivity index (χ4v) is 3.91. The summed E-state index contributed by atoms with van der Waals surface area (Å²) in [4.78, 5) is 12.7.